The van der Waals surface area contributed by atoms with Crippen molar-refractivity contribution < 1.29 is 71.9 Å². The second-order valence-electron chi connectivity index (χ2n) is 25.0. The molecule has 1 N–H and O–H groups in total. The monoisotopic (exact) mass is 1570 g/mol. The number of hydrogen-bond acceptors (Lipinski definition) is 22. The number of thioether (sulfide) groups is 5. The second-order valence-corrected chi connectivity index (χ2v) is 30.5. The molecule has 5 saturated heterocycles. The number of carbonyl (C=O) groups excluding carboxylic acids is 14. The maximum Gasteiger partial charge on any atom is 0.293 e. The number of carbonyl (C=O) groups is 14. The van der Waals surface area contributed by atoms with Gasteiger partial charge in [-0.15, -0.1) is 0 Å². The van der Waals surface area contributed by atoms with Crippen LogP contribution in [-0.2, 0) is 62.7 Å². The summed E-state index contributed by atoms with van der Waals surface area (Å²) in [5.41, 5.74) is 9.97. The van der Waals surface area contributed by atoms with Gasteiger partial charge < -0.3 is 9.53 Å². The van der Waals surface area contributed by atoms with E-state index in [1.165, 1.54) is 38.9 Å². The van der Waals surface area contributed by atoms with E-state index in [9.17, 15) is 67.1 Å². The fourth-order valence-electron chi connectivity index (χ4n) is 10.1. The molecule has 6 aromatic carbocycles. The Morgan fingerprint density at radius 1 is 0.463 bits per heavy atom. The Morgan fingerprint density at radius 2 is 0.880 bits per heavy atom. The number of ether oxygens (including phenoxy) is 1. The molecule has 12 rings (SSSR count). The van der Waals surface area contributed by atoms with Crippen molar-refractivity contribution in [1.29, 1.82) is 0 Å². The zero-order valence-electron chi connectivity index (χ0n) is 60.1. The lowest BCUT2D eigenvalue weighted by Gasteiger charge is -2.11. The van der Waals surface area contributed by atoms with Crippen LogP contribution in [-0.4, -0.2) is 150 Å². The van der Waals surface area contributed by atoms with Crippen molar-refractivity contribution in [3.63, 3.8) is 0 Å². The number of benzene rings is 6. The number of nitrogens with one attached hydrogen (secondary N) is 1. The molecule has 6 heterocycles. The highest BCUT2D eigenvalue weighted by atomic mass is 35.5. The normalized spacial score (nSPS) is 17.0. The zero-order valence-corrected chi connectivity index (χ0v) is 64.9. The summed E-state index contributed by atoms with van der Waals surface area (Å²) in [5.74, 6) is -1.01. The predicted octanol–water partition coefficient (Wildman–Crippen LogP) is 15.5. The average molecular weight is 1570 g/mol. The van der Waals surface area contributed by atoms with E-state index in [-0.39, 0.29) is 105 Å². The predicted molar refractivity (Wildman–Crippen MR) is 422 cm³/mol. The smallest absolute Gasteiger partial charge is 0.293 e. The Morgan fingerprint density at radius 3 is 1.33 bits per heavy atom. The largest absolute Gasteiger partial charge is 0.487 e. The first kappa shape index (κ1) is 83.3. The minimum Gasteiger partial charge on any atom is -0.487 e. The minimum atomic E-state index is -0.472. The van der Waals surface area contributed by atoms with E-state index in [0.717, 1.165) is 128 Å². The number of hydrogen-bond donors (Lipinski definition) is 1. The fraction of sp³-hybridized carbons (Fsp3) is 0.241. The van der Waals surface area contributed by atoms with E-state index in [1.807, 2.05) is 155 Å². The molecule has 7 aromatic rings. The van der Waals surface area contributed by atoms with Crippen LogP contribution in [0.3, 0.4) is 0 Å². The lowest BCUT2D eigenvalue weighted by molar-refractivity contribution is -0.130. The number of imide groups is 5. The first-order valence-corrected chi connectivity index (χ1v) is 38.1. The van der Waals surface area contributed by atoms with Gasteiger partial charge in [-0.05, 0) is 185 Å². The molecule has 108 heavy (non-hydrogen) atoms. The van der Waals surface area contributed by atoms with E-state index in [4.69, 9.17) is 16.3 Å². The standard InChI is InChI=1S/C20H16ClNO4S.C16H17NO3S.C15H15NO3S.C14H12N4O2S.C14H15NO3S/c1-13(23)11-22-19(24)18(27-20(22)25)10-15-7-8-17(16(21)9-15)26-12-14-5-3-2-4-6-14;1-11-5-7-13(8-6-11)10-14-15(19)17(16(20)21-14)9-3-4-12(2)18;1-10-3-5-12(6-4-10)9-13-14(18)16(15(19)20-13)8-7-11(2)17;1-9-2-4-10(5-3-9)6-11-13(19)18(14(20)21-11)7-12-15-8-16-17-12;1-9-3-5-11(6-4-9)7-12-13(17)15(8-10(2)16)14(18)19-12/h2-10H,11-12H2,1H3;5-8,10H,3-4,9H2,1-2H3;3-6,9H,7-8H2,1-2H3;2-6,8H,7H2,1H3,(H,15,16,17);3-6,12H,7-8H2,1-2H3/b18-10-;14-10-;13-9-;11-6-;. The van der Waals surface area contributed by atoms with Gasteiger partial charge in [0.15, 0.2) is 0 Å². The van der Waals surface area contributed by atoms with Crippen molar-refractivity contribution in [2.45, 2.75) is 99.5 Å². The first-order valence-electron chi connectivity index (χ1n) is 33.6. The van der Waals surface area contributed by atoms with E-state index < -0.39 is 16.4 Å². The number of aromatic nitrogens is 3. The van der Waals surface area contributed by atoms with Crippen LogP contribution in [0, 0.1) is 27.7 Å². The van der Waals surface area contributed by atoms with Crippen LogP contribution in [0.15, 0.2) is 172 Å². The van der Waals surface area contributed by atoms with Crippen LogP contribution in [0.4, 0.5) is 24.0 Å². The number of rotatable bonds is 22. The average Bonchev–Trinajstić information content (AvgIpc) is 1.70. The molecule has 5 aliphatic rings. The van der Waals surface area contributed by atoms with Crippen molar-refractivity contribution in [2.24, 2.45) is 0 Å². The van der Waals surface area contributed by atoms with Crippen LogP contribution >= 0.6 is 70.4 Å². The van der Waals surface area contributed by atoms with Crippen LogP contribution in [0.25, 0.3) is 24.3 Å². The Labute approximate surface area is 650 Å². The quantitative estimate of drug-likeness (QED) is 0.0616. The van der Waals surface area contributed by atoms with Gasteiger partial charge in [0.2, 0.25) is 5.91 Å². The van der Waals surface area contributed by atoms with Crippen LogP contribution in [0.2, 0.25) is 5.02 Å². The SMILES string of the molecule is CC(=O)CCCN1C(=O)S/C(=C\c2ccc(C)cc2)C1=O.CC(=O)CCN1C(=O)S/C(=C\c2ccc(C)cc2)C1=O.CC(=O)CN1C(=O)S/C(=C\c2ccc(OCc3ccccc3)c(Cl)c2)C1=O.CC(=O)CN1C(=O)SC(Cc2ccc(C)cc2)C1=O.Cc1ccc(/C=C2\SC(=O)N(Cc3ncn[nH]3)C2=O)cc1. The van der Waals surface area contributed by atoms with Crippen molar-refractivity contribution in [3.8, 4) is 5.75 Å². The molecule has 0 radical (unpaired) electrons. The number of halogens is 1. The molecule has 0 spiro atoms. The highest BCUT2D eigenvalue weighted by Crippen LogP contribution is 2.38. The molecule has 29 heteroatoms. The van der Waals surface area contributed by atoms with Crippen LogP contribution in [0.1, 0.15) is 108 Å². The van der Waals surface area contributed by atoms with Gasteiger partial charge in [0, 0.05) is 25.9 Å². The molecule has 0 bridgehead atoms. The topological polar surface area (TPSA) is 306 Å². The molecule has 1 unspecified atom stereocenters. The molecule has 558 valence electrons. The summed E-state index contributed by atoms with van der Waals surface area (Å²) >= 11 is 10.9. The first-order chi connectivity index (χ1) is 51.5. The number of H-pyrrole nitrogens is 1. The Bertz CT molecular complexity index is 4720. The Kier molecular flexibility index (Phi) is 30.9. The molecule has 23 nitrogen and oxygen atoms in total. The van der Waals surface area contributed by atoms with Crippen molar-refractivity contribution in [3.05, 3.63) is 238 Å². The molecule has 0 aliphatic carbocycles. The molecular formula is C79H75ClN8O15S5. The summed E-state index contributed by atoms with van der Waals surface area (Å²) in [5, 5.41) is 4.70. The summed E-state index contributed by atoms with van der Waals surface area (Å²) in [4.78, 5) is 175. The highest BCUT2D eigenvalue weighted by Gasteiger charge is 2.41. The number of ketones is 4. The van der Waals surface area contributed by atoms with E-state index in [0.29, 0.717) is 69.3 Å². The maximum atomic E-state index is 12.3. The zero-order chi connectivity index (χ0) is 78.3. The van der Waals surface area contributed by atoms with Crippen molar-refractivity contribution in [1.82, 2.24) is 39.7 Å². The summed E-state index contributed by atoms with van der Waals surface area (Å²) in [6.45, 7) is 14.3. The summed E-state index contributed by atoms with van der Waals surface area (Å²) < 4.78 is 5.72. The molecule has 0 saturated carbocycles. The summed E-state index contributed by atoms with van der Waals surface area (Å²) in [7, 11) is 0. The minimum absolute atomic E-state index is 0.0356. The molecule has 1 atom stereocenters. The second kappa shape index (κ2) is 40.0. The van der Waals surface area contributed by atoms with Gasteiger partial charge in [-0.1, -0.05) is 179 Å². The van der Waals surface area contributed by atoms with Gasteiger partial charge in [0.25, 0.3) is 49.8 Å². The number of aromatic amines is 1. The molecule has 5 fully saturated rings. The van der Waals surface area contributed by atoms with Gasteiger partial charge >= 0.3 is 0 Å². The summed E-state index contributed by atoms with van der Waals surface area (Å²) in [6, 6.07) is 46.0. The Balaban J connectivity index is 0.000000171. The van der Waals surface area contributed by atoms with Crippen LogP contribution in [0.5, 0.6) is 5.75 Å². The van der Waals surface area contributed by atoms with Gasteiger partial charge in [0.1, 0.15) is 47.6 Å². The summed E-state index contributed by atoms with van der Waals surface area (Å²) in [6.07, 6.45) is 9.72. The van der Waals surface area contributed by atoms with Crippen molar-refractivity contribution in [2.75, 3.05) is 26.2 Å². The fourth-order valence-corrected chi connectivity index (χ4v) is 14.8. The maximum absolute atomic E-state index is 12.3. The van der Waals surface area contributed by atoms with Crippen molar-refractivity contribution >= 4 is 174 Å². The molecule has 10 amide bonds. The van der Waals surface area contributed by atoms with Gasteiger partial charge in [0.05, 0.1) is 49.5 Å². The molecule has 1 aromatic heterocycles. The van der Waals surface area contributed by atoms with E-state index >= 15 is 0 Å². The molecular weight excluding hydrogens is 1500 g/mol. The number of aryl methyl sites for hydroxylation is 4. The lowest BCUT2D eigenvalue weighted by atomic mass is 10.1. The van der Waals surface area contributed by atoms with Gasteiger partial charge in [-0.3, -0.25) is 91.9 Å². The third-order valence-corrected chi connectivity index (χ3v) is 20.8. The van der Waals surface area contributed by atoms with E-state index in [1.54, 1.807) is 42.5 Å². The van der Waals surface area contributed by atoms with Gasteiger partial charge in [-0.25, -0.2) is 4.98 Å². The third-order valence-electron chi connectivity index (χ3n) is 15.8. The van der Waals surface area contributed by atoms with Gasteiger partial charge in [-0.2, -0.15) is 5.10 Å². The Hall–Kier alpha value is -10.4. The number of nitrogens with zero attached hydrogens (tertiary/aromatic N) is 7. The molecule has 5 aliphatic heterocycles. The van der Waals surface area contributed by atoms with Crippen LogP contribution < -0.4 is 4.74 Å². The van der Waals surface area contributed by atoms with E-state index in [2.05, 4.69) is 15.2 Å². The third kappa shape index (κ3) is 24.9. The number of amides is 10. The highest BCUT2D eigenvalue weighted by molar-refractivity contribution is 8.19. The number of Topliss-reactive ketones (excluding diaryl/α,β-unsaturated/α-hetero) is 4. The lowest BCUT2D eigenvalue weighted by Crippen LogP contribution is -2.35.